The zero-order chi connectivity index (χ0) is 11.8. The molecule has 3 N–H and O–H groups in total. The van der Waals surface area contributed by atoms with E-state index in [1.54, 1.807) is 6.20 Å². The number of aromatic amines is 1. The van der Waals surface area contributed by atoms with Gasteiger partial charge in [0.1, 0.15) is 5.82 Å². The number of nitrogens with two attached hydrogens (primary N) is 1. The SMILES string of the molecule is NCC1CCCC1c1nc2ncc(Br)cc2[nH]1. The summed E-state index contributed by atoms with van der Waals surface area (Å²) in [6, 6.07) is 2.02. The smallest absolute Gasteiger partial charge is 0.177 e. The molecule has 0 saturated heterocycles. The number of fused-ring (bicyclic) bond motifs is 1. The average molecular weight is 295 g/mol. The van der Waals surface area contributed by atoms with Crippen molar-refractivity contribution in [3.05, 3.63) is 22.6 Å². The zero-order valence-corrected chi connectivity index (χ0v) is 11.1. The number of aromatic nitrogens is 3. The second kappa shape index (κ2) is 4.38. The van der Waals surface area contributed by atoms with E-state index < -0.39 is 0 Å². The van der Waals surface area contributed by atoms with Crippen LogP contribution in [0.5, 0.6) is 0 Å². The summed E-state index contributed by atoms with van der Waals surface area (Å²) in [4.78, 5) is 12.3. The molecule has 0 aliphatic heterocycles. The molecule has 2 aromatic heterocycles. The van der Waals surface area contributed by atoms with Crippen molar-refractivity contribution in [3.63, 3.8) is 0 Å². The van der Waals surface area contributed by atoms with E-state index >= 15 is 0 Å². The maximum atomic E-state index is 5.82. The summed E-state index contributed by atoms with van der Waals surface area (Å²) in [6.07, 6.45) is 5.43. The van der Waals surface area contributed by atoms with Crippen molar-refractivity contribution >= 4 is 27.1 Å². The molecule has 4 nitrogen and oxygen atoms in total. The molecule has 2 unspecified atom stereocenters. The molecule has 90 valence electrons. The highest BCUT2D eigenvalue weighted by molar-refractivity contribution is 9.10. The first-order chi connectivity index (χ1) is 8.28. The summed E-state index contributed by atoms with van der Waals surface area (Å²) in [5.41, 5.74) is 7.61. The molecule has 5 heteroatoms. The van der Waals surface area contributed by atoms with Gasteiger partial charge in [0, 0.05) is 16.6 Å². The lowest BCUT2D eigenvalue weighted by atomic mass is 9.96. The second-order valence-corrected chi connectivity index (χ2v) is 5.60. The fraction of sp³-hybridized carbons (Fsp3) is 0.500. The molecular formula is C12H15BrN4. The summed E-state index contributed by atoms with van der Waals surface area (Å²) in [5, 5.41) is 0. The Balaban J connectivity index is 2.00. The second-order valence-electron chi connectivity index (χ2n) is 4.68. The molecule has 1 aliphatic rings. The number of nitrogens with zero attached hydrogens (tertiary/aromatic N) is 2. The molecule has 1 fully saturated rings. The number of halogens is 1. The van der Waals surface area contributed by atoms with Crippen LogP contribution >= 0.6 is 15.9 Å². The van der Waals surface area contributed by atoms with Gasteiger partial charge in [-0.3, -0.25) is 0 Å². The zero-order valence-electron chi connectivity index (χ0n) is 9.49. The highest BCUT2D eigenvalue weighted by atomic mass is 79.9. The van der Waals surface area contributed by atoms with Crippen molar-refractivity contribution in [2.24, 2.45) is 11.7 Å². The number of pyridine rings is 1. The Bertz CT molecular complexity index is 536. The van der Waals surface area contributed by atoms with Crippen molar-refractivity contribution in [2.75, 3.05) is 6.54 Å². The maximum Gasteiger partial charge on any atom is 0.177 e. The molecule has 1 aliphatic carbocycles. The van der Waals surface area contributed by atoms with Gasteiger partial charge >= 0.3 is 0 Å². The average Bonchev–Trinajstić information content (AvgIpc) is 2.93. The third-order valence-electron chi connectivity index (χ3n) is 3.64. The van der Waals surface area contributed by atoms with Crippen molar-refractivity contribution < 1.29 is 0 Å². The van der Waals surface area contributed by atoms with Crippen LogP contribution in [0, 0.1) is 5.92 Å². The predicted octanol–water partition coefficient (Wildman–Crippen LogP) is 2.56. The summed E-state index contributed by atoms with van der Waals surface area (Å²) >= 11 is 3.42. The first-order valence-corrected chi connectivity index (χ1v) is 6.78. The van der Waals surface area contributed by atoms with Crippen LogP contribution in [0.25, 0.3) is 11.2 Å². The lowest BCUT2D eigenvalue weighted by Gasteiger charge is -2.14. The van der Waals surface area contributed by atoms with E-state index in [-0.39, 0.29) is 0 Å². The maximum absolute atomic E-state index is 5.82. The Labute approximate surface area is 108 Å². The van der Waals surface area contributed by atoms with Crippen molar-refractivity contribution in [2.45, 2.75) is 25.2 Å². The van der Waals surface area contributed by atoms with Crippen molar-refractivity contribution in [3.8, 4) is 0 Å². The molecule has 0 amide bonds. The van der Waals surface area contributed by atoms with Crippen LogP contribution in [-0.4, -0.2) is 21.5 Å². The molecule has 2 atom stereocenters. The van der Waals surface area contributed by atoms with E-state index in [1.165, 1.54) is 19.3 Å². The van der Waals surface area contributed by atoms with Crippen LogP contribution in [0.1, 0.15) is 31.0 Å². The first kappa shape index (κ1) is 11.2. The van der Waals surface area contributed by atoms with Gasteiger partial charge in [-0.1, -0.05) is 6.42 Å². The van der Waals surface area contributed by atoms with Crippen molar-refractivity contribution in [1.29, 1.82) is 0 Å². The minimum Gasteiger partial charge on any atom is -0.340 e. The van der Waals surface area contributed by atoms with Crippen LogP contribution in [0.2, 0.25) is 0 Å². The standard InChI is InChI=1S/C12H15BrN4/c13-8-4-10-12(15-6-8)17-11(16-10)9-3-1-2-7(9)5-14/h4,6-7,9H,1-3,5,14H2,(H,15,16,17). The quantitative estimate of drug-likeness (QED) is 0.894. The molecular weight excluding hydrogens is 280 g/mol. The van der Waals surface area contributed by atoms with Gasteiger partial charge in [-0.15, -0.1) is 0 Å². The van der Waals surface area contributed by atoms with Gasteiger partial charge < -0.3 is 10.7 Å². The minimum atomic E-state index is 0.480. The minimum absolute atomic E-state index is 0.480. The largest absolute Gasteiger partial charge is 0.340 e. The van der Waals surface area contributed by atoms with Gasteiger partial charge in [0.15, 0.2) is 5.65 Å². The van der Waals surface area contributed by atoms with E-state index in [9.17, 15) is 0 Å². The monoisotopic (exact) mass is 294 g/mol. The molecule has 0 radical (unpaired) electrons. The van der Waals surface area contributed by atoms with Gasteiger partial charge in [0.2, 0.25) is 0 Å². The van der Waals surface area contributed by atoms with Gasteiger partial charge in [-0.2, -0.15) is 0 Å². The number of rotatable bonds is 2. The van der Waals surface area contributed by atoms with E-state index in [2.05, 4.69) is 30.9 Å². The molecule has 2 aromatic rings. The van der Waals surface area contributed by atoms with E-state index in [1.807, 2.05) is 6.07 Å². The fourth-order valence-corrected chi connectivity index (χ4v) is 3.08. The molecule has 0 aromatic carbocycles. The predicted molar refractivity (Wildman–Crippen MR) is 70.7 cm³/mol. The first-order valence-electron chi connectivity index (χ1n) is 5.99. The van der Waals surface area contributed by atoms with Gasteiger partial charge in [0.25, 0.3) is 0 Å². The van der Waals surface area contributed by atoms with Gasteiger partial charge in [-0.05, 0) is 47.3 Å². The summed E-state index contributed by atoms with van der Waals surface area (Å²) in [6.45, 7) is 0.749. The van der Waals surface area contributed by atoms with Crippen LogP contribution in [0.15, 0.2) is 16.7 Å². The van der Waals surface area contributed by atoms with Gasteiger partial charge in [0.05, 0.1) is 5.52 Å². The summed E-state index contributed by atoms with van der Waals surface area (Å²) in [7, 11) is 0. The highest BCUT2D eigenvalue weighted by Gasteiger charge is 2.29. The number of nitrogens with one attached hydrogen (secondary N) is 1. The molecule has 3 rings (SSSR count). The number of hydrogen-bond acceptors (Lipinski definition) is 3. The molecule has 0 bridgehead atoms. The number of imidazole rings is 1. The third kappa shape index (κ3) is 1.98. The lowest BCUT2D eigenvalue weighted by Crippen LogP contribution is -2.17. The Morgan fingerprint density at radius 3 is 3.18 bits per heavy atom. The van der Waals surface area contributed by atoms with Crippen LogP contribution in [0.4, 0.5) is 0 Å². The van der Waals surface area contributed by atoms with Gasteiger partial charge in [-0.25, -0.2) is 9.97 Å². The Kier molecular flexibility index (Phi) is 2.88. The highest BCUT2D eigenvalue weighted by Crippen LogP contribution is 2.38. The van der Waals surface area contributed by atoms with Crippen molar-refractivity contribution in [1.82, 2.24) is 15.0 Å². The number of hydrogen-bond donors (Lipinski definition) is 2. The molecule has 2 heterocycles. The fourth-order valence-electron chi connectivity index (χ4n) is 2.75. The van der Waals surface area contributed by atoms with Crippen LogP contribution in [0.3, 0.4) is 0 Å². The van der Waals surface area contributed by atoms with E-state index in [0.29, 0.717) is 11.8 Å². The number of H-pyrrole nitrogens is 1. The summed E-state index contributed by atoms with van der Waals surface area (Å²) < 4.78 is 0.974. The van der Waals surface area contributed by atoms with Crippen LogP contribution in [-0.2, 0) is 0 Å². The van der Waals surface area contributed by atoms with E-state index in [0.717, 1.165) is 28.0 Å². The lowest BCUT2D eigenvalue weighted by molar-refractivity contribution is 0.481. The Morgan fingerprint density at radius 2 is 2.35 bits per heavy atom. The summed E-state index contributed by atoms with van der Waals surface area (Å²) in [5.74, 6) is 2.10. The Morgan fingerprint density at radius 1 is 1.47 bits per heavy atom. The normalized spacial score (nSPS) is 24.6. The molecule has 1 saturated carbocycles. The topological polar surface area (TPSA) is 67.6 Å². The molecule has 0 spiro atoms. The molecule has 17 heavy (non-hydrogen) atoms. The van der Waals surface area contributed by atoms with Crippen LogP contribution < -0.4 is 5.73 Å². The van der Waals surface area contributed by atoms with E-state index in [4.69, 9.17) is 5.73 Å². The Hall–Kier alpha value is -0.940. The third-order valence-corrected chi connectivity index (χ3v) is 4.07.